The van der Waals surface area contributed by atoms with Crippen molar-refractivity contribution < 1.29 is 0 Å². The van der Waals surface area contributed by atoms with E-state index in [4.69, 9.17) is 5.73 Å². The molecule has 1 fully saturated rings. The molecule has 1 saturated heterocycles. The van der Waals surface area contributed by atoms with Crippen molar-refractivity contribution in [3.05, 3.63) is 23.8 Å². The summed E-state index contributed by atoms with van der Waals surface area (Å²) in [5.74, 6) is 0. The van der Waals surface area contributed by atoms with Gasteiger partial charge in [0.05, 0.1) is 0 Å². The molecule has 18 heavy (non-hydrogen) atoms. The summed E-state index contributed by atoms with van der Waals surface area (Å²) in [5, 5.41) is 0. The summed E-state index contributed by atoms with van der Waals surface area (Å²) in [5.41, 5.74) is 9.30. The van der Waals surface area contributed by atoms with Gasteiger partial charge >= 0.3 is 0 Å². The van der Waals surface area contributed by atoms with Gasteiger partial charge in [-0.05, 0) is 57.1 Å². The number of nitrogen functional groups attached to an aromatic ring is 1. The Morgan fingerprint density at radius 1 is 1.33 bits per heavy atom. The van der Waals surface area contributed by atoms with Crippen LogP contribution in [-0.2, 0) is 0 Å². The fraction of sp³-hybridized carbons (Fsp3) is 0.600. The van der Waals surface area contributed by atoms with Crippen LogP contribution in [0.15, 0.2) is 18.2 Å². The summed E-state index contributed by atoms with van der Waals surface area (Å²) >= 11 is 0. The maximum atomic E-state index is 5.91. The van der Waals surface area contributed by atoms with E-state index in [1.807, 2.05) is 6.07 Å². The third-order valence-corrected chi connectivity index (χ3v) is 3.96. The Kier molecular flexibility index (Phi) is 4.12. The Morgan fingerprint density at radius 2 is 2.11 bits per heavy atom. The van der Waals surface area contributed by atoms with Gasteiger partial charge in [-0.15, -0.1) is 0 Å². The van der Waals surface area contributed by atoms with E-state index < -0.39 is 0 Å². The molecule has 0 aromatic heterocycles. The fourth-order valence-electron chi connectivity index (χ4n) is 2.77. The Labute approximate surface area is 111 Å². The van der Waals surface area contributed by atoms with E-state index in [0.29, 0.717) is 6.04 Å². The smallest absolute Gasteiger partial charge is 0.0414 e. The van der Waals surface area contributed by atoms with Gasteiger partial charge in [-0.3, -0.25) is 0 Å². The van der Waals surface area contributed by atoms with E-state index >= 15 is 0 Å². The molecule has 2 rings (SSSR count). The minimum absolute atomic E-state index is 0.612. The first-order valence-electron chi connectivity index (χ1n) is 6.93. The molecular weight excluding hydrogens is 222 g/mol. The summed E-state index contributed by atoms with van der Waals surface area (Å²) in [7, 11) is 2.22. The summed E-state index contributed by atoms with van der Waals surface area (Å²) < 4.78 is 0. The number of nitrogens with two attached hydrogens (primary N) is 1. The lowest BCUT2D eigenvalue weighted by Gasteiger charge is -2.32. The van der Waals surface area contributed by atoms with Gasteiger partial charge in [-0.2, -0.15) is 0 Å². The van der Waals surface area contributed by atoms with Gasteiger partial charge in [0.15, 0.2) is 0 Å². The van der Waals surface area contributed by atoms with E-state index in [0.717, 1.165) is 18.8 Å². The zero-order valence-electron chi connectivity index (χ0n) is 11.8. The van der Waals surface area contributed by atoms with Crippen molar-refractivity contribution in [3.63, 3.8) is 0 Å². The monoisotopic (exact) mass is 247 g/mol. The maximum Gasteiger partial charge on any atom is 0.0414 e. The Bertz CT molecular complexity index is 403. The van der Waals surface area contributed by atoms with Crippen molar-refractivity contribution in [1.29, 1.82) is 0 Å². The highest BCUT2D eigenvalue weighted by molar-refractivity contribution is 5.58. The van der Waals surface area contributed by atoms with E-state index in [1.54, 1.807) is 0 Å². The number of hydrogen-bond acceptors (Lipinski definition) is 3. The predicted octanol–water partition coefficient (Wildman–Crippen LogP) is 2.50. The highest BCUT2D eigenvalue weighted by Gasteiger charge is 2.22. The normalized spacial score (nSPS) is 21.9. The van der Waals surface area contributed by atoms with Crippen LogP contribution in [0, 0.1) is 6.92 Å². The highest BCUT2D eigenvalue weighted by Crippen LogP contribution is 2.25. The second-order valence-electron chi connectivity index (χ2n) is 5.41. The number of nitrogens with zero attached hydrogens (tertiary/aromatic N) is 2. The lowest BCUT2D eigenvalue weighted by atomic mass is 10.1. The lowest BCUT2D eigenvalue weighted by molar-refractivity contribution is 0.328. The molecule has 1 aliphatic heterocycles. The van der Waals surface area contributed by atoms with Gasteiger partial charge < -0.3 is 15.5 Å². The van der Waals surface area contributed by atoms with Crippen LogP contribution < -0.4 is 10.6 Å². The van der Waals surface area contributed by atoms with Crippen molar-refractivity contribution >= 4 is 11.4 Å². The molecule has 1 heterocycles. The summed E-state index contributed by atoms with van der Waals surface area (Å²) in [6.07, 6.45) is 2.42. The van der Waals surface area contributed by atoms with Crippen LogP contribution in [0.1, 0.15) is 25.3 Å². The minimum atomic E-state index is 0.612. The van der Waals surface area contributed by atoms with Crippen LogP contribution in [0.4, 0.5) is 11.4 Å². The molecule has 0 bridgehead atoms. The Balaban J connectivity index is 2.25. The van der Waals surface area contributed by atoms with E-state index in [9.17, 15) is 0 Å². The van der Waals surface area contributed by atoms with Gasteiger partial charge in [-0.1, -0.05) is 6.92 Å². The van der Waals surface area contributed by atoms with Crippen molar-refractivity contribution in [2.75, 3.05) is 37.3 Å². The Hall–Kier alpha value is -1.22. The standard InChI is InChI=1S/C15H25N3/c1-4-13-11-17(3)8-5-9-18(13)14-6-7-15(16)12(2)10-14/h6-7,10,13H,4-5,8-9,11,16H2,1-3H3. The molecule has 0 spiro atoms. The minimum Gasteiger partial charge on any atom is -0.399 e. The summed E-state index contributed by atoms with van der Waals surface area (Å²) in [4.78, 5) is 4.99. The average molecular weight is 247 g/mol. The second kappa shape index (κ2) is 5.61. The van der Waals surface area contributed by atoms with Gasteiger partial charge in [0.1, 0.15) is 0 Å². The van der Waals surface area contributed by atoms with Crippen LogP contribution in [0.5, 0.6) is 0 Å². The summed E-state index contributed by atoms with van der Waals surface area (Å²) in [6.45, 7) is 7.86. The number of hydrogen-bond donors (Lipinski definition) is 1. The third kappa shape index (κ3) is 2.78. The molecular formula is C15H25N3. The van der Waals surface area contributed by atoms with E-state index in [2.05, 4.69) is 42.8 Å². The van der Waals surface area contributed by atoms with Gasteiger partial charge in [-0.25, -0.2) is 0 Å². The molecule has 100 valence electrons. The topological polar surface area (TPSA) is 32.5 Å². The number of rotatable bonds is 2. The van der Waals surface area contributed by atoms with E-state index in [1.165, 1.54) is 30.6 Å². The van der Waals surface area contributed by atoms with Gasteiger partial charge in [0, 0.05) is 30.5 Å². The third-order valence-electron chi connectivity index (χ3n) is 3.96. The first-order chi connectivity index (χ1) is 8.61. The predicted molar refractivity (Wildman–Crippen MR) is 79.1 cm³/mol. The number of benzene rings is 1. The first kappa shape index (κ1) is 13.2. The molecule has 3 nitrogen and oxygen atoms in total. The van der Waals surface area contributed by atoms with Crippen LogP contribution >= 0.6 is 0 Å². The molecule has 2 N–H and O–H groups in total. The first-order valence-corrected chi connectivity index (χ1v) is 6.93. The molecule has 0 radical (unpaired) electrons. The number of likely N-dealkylation sites (N-methyl/N-ethyl adjacent to an activating group) is 1. The molecule has 3 heteroatoms. The van der Waals surface area contributed by atoms with Crippen molar-refractivity contribution in [3.8, 4) is 0 Å². The number of anilines is 2. The molecule has 1 aromatic rings. The largest absolute Gasteiger partial charge is 0.399 e. The molecule has 0 amide bonds. The molecule has 1 aliphatic rings. The molecule has 0 saturated carbocycles. The molecule has 1 unspecified atom stereocenters. The molecule has 0 aliphatic carbocycles. The van der Waals surface area contributed by atoms with Crippen LogP contribution in [0.25, 0.3) is 0 Å². The highest BCUT2D eigenvalue weighted by atomic mass is 15.2. The van der Waals surface area contributed by atoms with Crippen molar-refractivity contribution in [1.82, 2.24) is 4.90 Å². The van der Waals surface area contributed by atoms with Gasteiger partial charge in [0.25, 0.3) is 0 Å². The maximum absolute atomic E-state index is 5.91. The number of aryl methyl sites for hydroxylation is 1. The second-order valence-corrected chi connectivity index (χ2v) is 5.41. The molecule has 1 aromatic carbocycles. The zero-order valence-corrected chi connectivity index (χ0v) is 11.8. The van der Waals surface area contributed by atoms with Crippen molar-refractivity contribution in [2.45, 2.75) is 32.7 Å². The quantitative estimate of drug-likeness (QED) is 0.815. The fourth-order valence-corrected chi connectivity index (χ4v) is 2.77. The average Bonchev–Trinajstić information content (AvgIpc) is 2.54. The van der Waals surface area contributed by atoms with Crippen LogP contribution in [-0.4, -0.2) is 37.6 Å². The molecule has 1 atom stereocenters. The zero-order chi connectivity index (χ0) is 13.1. The Morgan fingerprint density at radius 3 is 2.78 bits per heavy atom. The van der Waals surface area contributed by atoms with Crippen molar-refractivity contribution in [2.24, 2.45) is 0 Å². The summed E-state index contributed by atoms with van der Waals surface area (Å²) in [6, 6.07) is 7.03. The van der Waals surface area contributed by atoms with Gasteiger partial charge in [0.2, 0.25) is 0 Å². The SMILES string of the molecule is CCC1CN(C)CCCN1c1ccc(N)c(C)c1. The van der Waals surface area contributed by atoms with Crippen LogP contribution in [0.3, 0.4) is 0 Å². The lowest BCUT2D eigenvalue weighted by Crippen LogP contribution is -2.39. The van der Waals surface area contributed by atoms with Crippen LogP contribution in [0.2, 0.25) is 0 Å². The van der Waals surface area contributed by atoms with E-state index in [-0.39, 0.29) is 0 Å².